The number of nitrogens with one attached hydrogen (secondary N) is 2. The van der Waals surface area contributed by atoms with E-state index in [4.69, 9.17) is 0 Å². The molecule has 1 aliphatic rings. The predicted octanol–water partition coefficient (Wildman–Crippen LogP) is 2.20. The molecule has 1 aromatic carbocycles. The summed E-state index contributed by atoms with van der Waals surface area (Å²) >= 11 is 0. The summed E-state index contributed by atoms with van der Waals surface area (Å²) in [6.07, 6.45) is 7.25. The van der Waals surface area contributed by atoms with Crippen molar-refractivity contribution < 1.29 is 4.79 Å². The Labute approximate surface area is 189 Å². The summed E-state index contributed by atoms with van der Waals surface area (Å²) in [6, 6.07) is 8.10. The molecule has 9 heteroatoms. The van der Waals surface area contributed by atoms with Crippen molar-refractivity contribution in [1.29, 1.82) is 0 Å². The smallest absolute Gasteiger partial charge is 0.230 e. The maximum atomic E-state index is 12.7. The van der Waals surface area contributed by atoms with Crippen molar-refractivity contribution >= 4 is 35.8 Å². The standard InChI is InChI=1S/C20H29N7O.HI/c1-21-19(24-13-20(10-4-5-11-20)18(28)26(2)3)23-12-16-6-8-17(9-7-16)27-15-22-14-25-27;/h6-9,14-15H,4-5,10-13H2,1-3H3,(H2,21,23,24);1H. The van der Waals surface area contributed by atoms with Gasteiger partial charge < -0.3 is 15.5 Å². The Morgan fingerprint density at radius 2 is 1.90 bits per heavy atom. The number of carbonyl (C=O) groups excluding carboxylic acids is 1. The second-order valence-electron chi connectivity index (χ2n) is 7.47. The quantitative estimate of drug-likeness (QED) is 0.353. The molecule has 0 unspecified atom stereocenters. The Kier molecular flexibility index (Phi) is 8.42. The van der Waals surface area contributed by atoms with Crippen molar-refractivity contribution in [3.63, 3.8) is 0 Å². The minimum Gasteiger partial charge on any atom is -0.355 e. The first kappa shape index (κ1) is 23.1. The Morgan fingerprint density at radius 3 is 2.45 bits per heavy atom. The maximum absolute atomic E-state index is 12.7. The summed E-state index contributed by atoms with van der Waals surface area (Å²) < 4.78 is 1.72. The van der Waals surface area contributed by atoms with Gasteiger partial charge in [-0.1, -0.05) is 25.0 Å². The van der Waals surface area contributed by atoms with Crippen LogP contribution in [0.25, 0.3) is 5.69 Å². The van der Waals surface area contributed by atoms with Gasteiger partial charge in [0.25, 0.3) is 0 Å². The highest BCUT2D eigenvalue weighted by atomic mass is 127. The molecule has 0 spiro atoms. The number of benzene rings is 1. The van der Waals surface area contributed by atoms with Gasteiger partial charge in [-0.2, -0.15) is 5.10 Å². The van der Waals surface area contributed by atoms with Crippen molar-refractivity contribution in [3.05, 3.63) is 42.5 Å². The van der Waals surface area contributed by atoms with Crippen molar-refractivity contribution in [2.24, 2.45) is 10.4 Å². The molecule has 2 N–H and O–H groups in total. The zero-order chi connectivity index (χ0) is 20.0. The molecule has 1 heterocycles. The number of hydrogen-bond donors (Lipinski definition) is 2. The van der Waals surface area contributed by atoms with Gasteiger partial charge in [-0.3, -0.25) is 9.79 Å². The largest absolute Gasteiger partial charge is 0.355 e. The van der Waals surface area contributed by atoms with E-state index in [1.807, 2.05) is 38.4 Å². The van der Waals surface area contributed by atoms with Crippen LogP contribution in [0, 0.1) is 5.41 Å². The minimum atomic E-state index is -0.319. The second-order valence-corrected chi connectivity index (χ2v) is 7.47. The first-order valence-corrected chi connectivity index (χ1v) is 9.64. The number of aromatic nitrogens is 3. The van der Waals surface area contributed by atoms with E-state index in [9.17, 15) is 4.79 Å². The van der Waals surface area contributed by atoms with E-state index in [1.165, 1.54) is 6.33 Å². The lowest BCUT2D eigenvalue weighted by molar-refractivity contribution is -0.138. The molecule has 0 aliphatic heterocycles. The van der Waals surface area contributed by atoms with Gasteiger partial charge in [-0.05, 0) is 30.5 Å². The Hall–Kier alpha value is -2.17. The van der Waals surface area contributed by atoms with Crippen LogP contribution >= 0.6 is 24.0 Å². The summed E-state index contributed by atoms with van der Waals surface area (Å²) in [6.45, 7) is 1.25. The molecule has 158 valence electrons. The highest BCUT2D eigenvalue weighted by Gasteiger charge is 2.42. The van der Waals surface area contributed by atoms with Gasteiger partial charge in [0, 0.05) is 34.2 Å². The average molecular weight is 511 g/mol. The third kappa shape index (κ3) is 5.68. The van der Waals surface area contributed by atoms with Crippen LogP contribution in [0.3, 0.4) is 0 Å². The normalized spacial score (nSPS) is 15.5. The monoisotopic (exact) mass is 511 g/mol. The van der Waals surface area contributed by atoms with E-state index in [1.54, 1.807) is 23.0 Å². The number of nitrogens with zero attached hydrogens (tertiary/aromatic N) is 5. The average Bonchev–Trinajstić information content (AvgIpc) is 3.41. The topological polar surface area (TPSA) is 87.4 Å². The Bertz CT molecular complexity index is 797. The van der Waals surface area contributed by atoms with Gasteiger partial charge in [-0.15, -0.1) is 24.0 Å². The minimum absolute atomic E-state index is 0. The van der Waals surface area contributed by atoms with E-state index >= 15 is 0 Å². The SMILES string of the molecule is CN=C(NCc1ccc(-n2cncn2)cc1)NCC1(C(=O)N(C)C)CCCC1.I. The summed E-state index contributed by atoms with van der Waals surface area (Å²) in [5, 5.41) is 10.8. The van der Waals surface area contributed by atoms with Crippen LogP contribution in [0.5, 0.6) is 0 Å². The molecule has 1 saturated carbocycles. The molecule has 8 nitrogen and oxygen atoms in total. The third-order valence-corrected chi connectivity index (χ3v) is 5.32. The van der Waals surface area contributed by atoms with Crippen molar-refractivity contribution in [2.75, 3.05) is 27.7 Å². The van der Waals surface area contributed by atoms with Crippen LogP contribution in [-0.2, 0) is 11.3 Å². The van der Waals surface area contributed by atoms with Crippen LogP contribution in [0.15, 0.2) is 41.9 Å². The van der Waals surface area contributed by atoms with Crippen molar-refractivity contribution in [1.82, 2.24) is 30.3 Å². The fraction of sp³-hybridized carbons (Fsp3) is 0.500. The maximum Gasteiger partial charge on any atom is 0.230 e. The Balaban J connectivity index is 0.00000300. The van der Waals surface area contributed by atoms with Gasteiger partial charge >= 0.3 is 0 Å². The second kappa shape index (κ2) is 10.6. The van der Waals surface area contributed by atoms with Gasteiger partial charge in [0.2, 0.25) is 5.91 Å². The predicted molar refractivity (Wildman–Crippen MR) is 125 cm³/mol. The summed E-state index contributed by atoms with van der Waals surface area (Å²) in [5.41, 5.74) is 1.78. The van der Waals surface area contributed by atoms with E-state index < -0.39 is 0 Å². The van der Waals surface area contributed by atoms with Gasteiger partial charge in [0.05, 0.1) is 11.1 Å². The molecule has 0 saturated heterocycles. The lowest BCUT2D eigenvalue weighted by atomic mass is 9.84. The fourth-order valence-corrected chi connectivity index (χ4v) is 3.76. The molecular weight excluding hydrogens is 481 g/mol. The Morgan fingerprint density at radius 1 is 1.21 bits per heavy atom. The van der Waals surface area contributed by atoms with Crippen molar-refractivity contribution in [3.8, 4) is 5.69 Å². The van der Waals surface area contributed by atoms with Gasteiger partial charge in [0.1, 0.15) is 12.7 Å². The molecule has 0 bridgehead atoms. The van der Waals surface area contributed by atoms with Crippen LogP contribution < -0.4 is 10.6 Å². The van der Waals surface area contributed by atoms with Crippen LogP contribution in [0.2, 0.25) is 0 Å². The van der Waals surface area contributed by atoms with Crippen LogP contribution in [0.4, 0.5) is 0 Å². The lowest BCUT2D eigenvalue weighted by Crippen LogP contribution is -2.49. The third-order valence-electron chi connectivity index (χ3n) is 5.32. The number of hydrogen-bond acceptors (Lipinski definition) is 4. The van der Waals surface area contributed by atoms with E-state index in [2.05, 4.69) is 25.7 Å². The van der Waals surface area contributed by atoms with Gasteiger partial charge in [-0.25, -0.2) is 9.67 Å². The molecule has 1 aliphatic carbocycles. The summed E-state index contributed by atoms with van der Waals surface area (Å²) in [4.78, 5) is 22.7. The number of guanidine groups is 1. The number of carbonyl (C=O) groups is 1. The summed E-state index contributed by atoms with van der Waals surface area (Å²) in [5.74, 6) is 0.912. The highest BCUT2D eigenvalue weighted by molar-refractivity contribution is 14.0. The van der Waals surface area contributed by atoms with Gasteiger partial charge in [0.15, 0.2) is 5.96 Å². The molecule has 1 aromatic heterocycles. The zero-order valence-electron chi connectivity index (χ0n) is 17.3. The number of rotatable bonds is 6. The molecule has 3 rings (SSSR count). The van der Waals surface area contributed by atoms with E-state index in [0.717, 1.165) is 36.9 Å². The fourth-order valence-electron chi connectivity index (χ4n) is 3.76. The molecule has 0 radical (unpaired) electrons. The lowest BCUT2D eigenvalue weighted by Gasteiger charge is -2.31. The molecular formula is C20H30IN7O. The van der Waals surface area contributed by atoms with Crippen LogP contribution in [0.1, 0.15) is 31.2 Å². The van der Waals surface area contributed by atoms with E-state index in [0.29, 0.717) is 19.0 Å². The number of aliphatic imine (C=N–C) groups is 1. The zero-order valence-corrected chi connectivity index (χ0v) is 19.6. The molecule has 2 aromatic rings. The molecule has 0 atom stereocenters. The number of halogens is 1. The first-order chi connectivity index (χ1) is 13.5. The van der Waals surface area contributed by atoms with E-state index in [-0.39, 0.29) is 35.3 Å². The molecule has 1 fully saturated rings. The summed E-state index contributed by atoms with van der Waals surface area (Å²) in [7, 11) is 5.41. The highest BCUT2D eigenvalue weighted by Crippen LogP contribution is 2.38. The molecule has 29 heavy (non-hydrogen) atoms. The van der Waals surface area contributed by atoms with Crippen LogP contribution in [-0.4, -0.2) is 59.2 Å². The number of amides is 1. The van der Waals surface area contributed by atoms with Crippen molar-refractivity contribution in [2.45, 2.75) is 32.2 Å². The molecule has 1 amide bonds. The first-order valence-electron chi connectivity index (χ1n) is 9.64.